The molecule has 1 aromatic carbocycles. The summed E-state index contributed by atoms with van der Waals surface area (Å²) in [5, 5.41) is 8.80. The van der Waals surface area contributed by atoms with Crippen molar-refractivity contribution in [3.05, 3.63) is 53.7 Å². The predicted molar refractivity (Wildman–Crippen MR) is 79.0 cm³/mol. The maximum atomic E-state index is 13.1. The molecular formula is C17H15FN2O2. The lowest BCUT2D eigenvalue weighted by molar-refractivity contribution is 0.0985. The van der Waals surface area contributed by atoms with Gasteiger partial charge >= 0.3 is 0 Å². The zero-order valence-corrected chi connectivity index (χ0v) is 12.0. The lowest BCUT2D eigenvalue weighted by atomic mass is 10.1. The third-order valence-electron chi connectivity index (χ3n) is 3.70. The number of anilines is 1. The van der Waals surface area contributed by atoms with Crippen LogP contribution in [0.5, 0.6) is 0 Å². The van der Waals surface area contributed by atoms with Crippen molar-refractivity contribution in [2.45, 2.75) is 25.2 Å². The van der Waals surface area contributed by atoms with E-state index in [4.69, 9.17) is 9.68 Å². The number of carbonyl (C=O) groups is 1. The molecule has 1 aromatic heterocycles. The lowest BCUT2D eigenvalue weighted by Gasteiger charge is -2.21. The molecule has 4 nitrogen and oxygen atoms in total. The van der Waals surface area contributed by atoms with E-state index in [1.165, 1.54) is 23.3 Å². The van der Waals surface area contributed by atoms with Gasteiger partial charge in [0.2, 0.25) is 0 Å². The van der Waals surface area contributed by atoms with Gasteiger partial charge in [-0.3, -0.25) is 4.79 Å². The Labute approximate surface area is 127 Å². The van der Waals surface area contributed by atoms with E-state index < -0.39 is 0 Å². The second-order valence-electron chi connectivity index (χ2n) is 5.31. The summed E-state index contributed by atoms with van der Waals surface area (Å²) in [4.78, 5) is 14.3. The Morgan fingerprint density at radius 3 is 2.68 bits per heavy atom. The molecule has 0 radical (unpaired) electrons. The average molecular weight is 298 g/mol. The SMILES string of the molecule is N#CCCN(C(=O)c1ccoc1C1CC1)c1ccc(F)cc1. The number of hydrogen-bond donors (Lipinski definition) is 0. The van der Waals surface area contributed by atoms with Crippen molar-refractivity contribution in [1.29, 1.82) is 5.26 Å². The number of carbonyl (C=O) groups excluding carboxylic acids is 1. The molecule has 3 rings (SSSR count). The van der Waals surface area contributed by atoms with Crippen molar-refractivity contribution in [3.63, 3.8) is 0 Å². The van der Waals surface area contributed by atoms with Gasteiger partial charge in [0.05, 0.1) is 24.3 Å². The van der Waals surface area contributed by atoms with Crippen molar-refractivity contribution < 1.29 is 13.6 Å². The van der Waals surface area contributed by atoms with Crippen LogP contribution in [-0.2, 0) is 0 Å². The number of benzene rings is 1. The van der Waals surface area contributed by atoms with E-state index in [9.17, 15) is 9.18 Å². The van der Waals surface area contributed by atoms with Crippen LogP contribution in [0.3, 0.4) is 0 Å². The minimum Gasteiger partial charge on any atom is -0.468 e. The number of nitriles is 1. The first kappa shape index (κ1) is 14.3. The van der Waals surface area contributed by atoms with Crippen LogP contribution in [0.4, 0.5) is 10.1 Å². The molecular weight excluding hydrogens is 283 g/mol. The summed E-state index contributed by atoms with van der Waals surface area (Å²) in [5.41, 5.74) is 1.11. The molecule has 5 heteroatoms. The van der Waals surface area contributed by atoms with Gasteiger partial charge in [-0.25, -0.2) is 4.39 Å². The molecule has 0 saturated heterocycles. The number of amides is 1. The Morgan fingerprint density at radius 1 is 1.32 bits per heavy atom. The third kappa shape index (κ3) is 2.86. The van der Waals surface area contributed by atoms with Gasteiger partial charge in [-0.05, 0) is 43.2 Å². The molecule has 1 amide bonds. The topological polar surface area (TPSA) is 57.2 Å². The summed E-state index contributed by atoms with van der Waals surface area (Å²) >= 11 is 0. The van der Waals surface area contributed by atoms with Crippen molar-refractivity contribution in [2.24, 2.45) is 0 Å². The molecule has 22 heavy (non-hydrogen) atoms. The smallest absolute Gasteiger partial charge is 0.261 e. The van der Waals surface area contributed by atoms with E-state index in [2.05, 4.69) is 0 Å². The summed E-state index contributed by atoms with van der Waals surface area (Å²) in [6.45, 7) is 0.260. The highest BCUT2D eigenvalue weighted by Crippen LogP contribution is 2.42. The maximum Gasteiger partial charge on any atom is 0.261 e. The molecule has 0 unspecified atom stereocenters. The van der Waals surface area contributed by atoms with Crippen LogP contribution in [0.15, 0.2) is 41.0 Å². The molecule has 1 saturated carbocycles. The fourth-order valence-corrected chi connectivity index (χ4v) is 2.44. The van der Waals surface area contributed by atoms with Crippen molar-refractivity contribution in [3.8, 4) is 6.07 Å². The summed E-state index contributed by atoms with van der Waals surface area (Å²) in [7, 11) is 0. The molecule has 0 spiro atoms. The molecule has 112 valence electrons. The first-order valence-corrected chi connectivity index (χ1v) is 7.22. The van der Waals surface area contributed by atoms with E-state index in [0.717, 1.165) is 12.8 Å². The minimum atomic E-state index is -0.363. The Morgan fingerprint density at radius 2 is 2.05 bits per heavy atom. The van der Waals surface area contributed by atoms with E-state index >= 15 is 0 Å². The van der Waals surface area contributed by atoms with Crippen molar-refractivity contribution in [1.82, 2.24) is 0 Å². The fourth-order valence-electron chi connectivity index (χ4n) is 2.44. The number of hydrogen-bond acceptors (Lipinski definition) is 3. The van der Waals surface area contributed by atoms with Crippen molar-refractivity contribution in [2.75, 3.05) is 11.4 Å². The Balaban J connectivity index is 1.91. The fraction of sp³-hybridized carbons (Fsp3) is 0.294. The van der Waals surface area contributed by atoms with E-state index in [1.54, 1.807) is 18.2 Å². The van der Waals surface area contributed by atoms with E-state index in [0.29, 0.717) is 22.9 Å². The number of halogens is 1. The summed E-state index contributed by atoms with van der Waals surface area (Å²) in [6, 6.07) is 9.40. The molecule has 1 aliphatic carbocycles. The molecule has 0 aliphatic heterocycles. The summed E-state index contributed by atoms with van der Waals surface area (Å²) in [6.07, 6.45) is 3.79. The second-order valence-corrected chi connectivity index (χ2v) is 5.31. The quantitative estimate of drug-likeness (QED) is 0.842. The van der Waals surface area contributed by atoms with Crippen LogP contribution in [0.2, 0.25) is 0 Å². The monoisotopic (exact) mass is 298 g/mol. The standard InChI is InChI=1S/C17H15FN2O2/c18-13-4-6-14(7-5-13)20(10-1-9-19)17(21)15-8-11-22-16(15)12-2-3-12/h4-8,11-12H,1-3,10H2. The van der Waals surface area contributed by atoms with Crippen LogP contribution in [0, 0.1) is 17.1 Å². The van der Waals surface area contributed by atoms with Gasteiger partial charge in [0.1, 0.15) is 11.6 Å². The van der Waals surface area contributed by atoms with Gasteiger partial charge in [0.25, 0.3) is 5.91 Å². The minimum absolute atomic E-state index is 0.208. The number of furan rings is 1. The zero-order chi connectivity index (χ0) is 15.5. The second kappa shape index (κ2) is 6.02. The van der Waals surface area contributed by atoms with Gasteiger partial charge in [0, 0.05) is 18.2 Å². The molecule has 0 atom stereocenters. The van der Waals surface area contributed by atoms with Gasteiger partial charge in [-0.2, -0.15) is 5.26 Å². The molecule has 1 aliphatic rings. The van der Waals surface area contributed by atoms with Gasteiger partial charge in [-0.1, -0.05) is 0 Å². The summed E-state index contributed by atoms with van der Waals surface area (Å²) in [5.74, 6) is 0.463. The molecule has 2 aromatic rings. The third-order valence-corrected chi connectivity index (χ3v) is 3.70. The Kier molecular flexibility index (Phi) is 3.92. The number of rotatable bonds is 5. The van der Waals surface area contributed by atoms with Gasteiger partial charge in [-0.15, -0.1) is 0 Å². The van der Waals surface area contributed by atoms with Gasteiger partial charge < -0.3 is 9.32 Å². The van der Waals surface area contributed by atoms with Crippen molar-refractivity contribution >= 4 is 11.6 Å². The molecule has 0 N–H and O–H groups in total. The Hall–Kier alpha value is -2.61. The normalized spacial score (nSPS) is 13.6. The number of nitrogens with zero attached hydrogens (tertiary/aromatic N) is 2. The lowest BCUT2D eigenvalue weighted by Crippen LogP contribution is -2.32. The largest absolute Gasteiger partial charge is 0.468 e. The summed E-state index contributed by atoms with van der Waals surface area (Å²) < 4.78 is 18.5. The van der Waals surface area contributed by atoms with Crippen LogP contribution < -0.4 is 4.90 Å². The molecule has 0 bridgehead atoms. The first-order chi connectivity index (χ1) is 10.7. The van der Waals surface area contributed by atoms with Gasteiger partial charge in [0.15, 0.2) is 0 Å². The zero-order valence-electron chi connectivity index (χ0n) is 12.0. The van der Waals surface area contributed by atoms with Crippen LogP contribution in [0.25, 0.3) is 0 Å². The Bertz CT molecular complexity index is 711. The molecule has 1 fully saturated rings. The highest BCUT2D eigenvalue weighted by atomic mass is 19.1. The maximum absolute atomic E-state index is 13.1. The molecule has 1 heterocycles. The van der Waals surface area contributed by atoms with Crippen LogP contribution in [0.1, 0.15) is 41.3 Å². The highest BCUT2D eigenvalue weighted by molar-refractivity contribution is 6.06. The average Bonchev–Trinajstić information content (AvgIpc) is 3.26. The van der Waals surface area contributed by atoms with E-state index in [1.807, 2.05) is 6.07 Å². The predicted octanol–water partition coefficient (Wildman–Crippen LogP) is 3.86. The van der Waals surface area contributed by atoms with Crippen LogP contribution >= 0.6 is 0 Å². The van der Waals surface area contributed by atoms with Crippen LogP contribution in [-0.4, -0.2) is 12.5 Å². The first-order valence-electron chi connectivity index (χ1n) is 7.22. The van der Waals surface area contributed by atoms with E-state index in [-0.39, 0.29) is 24.7 Å². The highest BCUT2D eigenvalue weighted by Gasteiger charge is 2.32.